The molecule has 1 N–H and O–H groups in total. The molecule has 1 unspecified atom stereocenters. The normalized spacial score (nSPS) is 12.6. The van der Waals surface area contributed by atoms with Crippen molar-refractivity contribution in [2.75, 3.05) is 12.3 Å². The molecule has 0 spiro atoms. The predicted octanol–water partition coefficient (Wildman–Crippen LogP) is 4.38. The van der Waals surface area contributed by atoms with Gasteiger partial charge in [0, 0.05) is 27.3 Å². The van der Waals surface area contributed by atoms with Crippen molar-refractivity contribution in [3.63, 3.8) is 0 Å². The molecule has 0 saturated carbocycles. The van der Waals surface area contributed by atoms with Crippen molar-refractivity contribution in [1.29, 1.82) is 0 Å². The van der Waals surface area contributed by atoms with E-state index >= 15 is 0 Å². The number of furan rings is 1. The molecule has 1 heterocycles. The third kappa shape index (κ3) is 3.80. The quantitative estimate of drug-likeness (QED) is 0.796. The Morgan fingerprint density at radius 1 is 1.28 bits per heavy atom. The predicted molar refractivity (Wildman–Crippen MR) is 77.3 cm³/mol. The van der Waals surface area contributed by atoms with E-state index in [0.717, 1.165) is 17.3 Å². The number of thioether (sulfide) groups is 1. The Morgan fingerprint density at radius 3 is 2.67 bits per heavy atom. The summed E-state index contributed by atoms with van der Waals surface area (Å²) in [4.78, 5) is 1.23. The molecular weight excluding hydrogens is 266 g/mol. The zero-order valence-electron chi connectivity index (χ0n) is 10.2. The Balaban J connectivity index is 1.95. The second-order valence-corrected chi connectivity index (χ2v) is 5.46. The van der Waals surface area contributed by atoms with Gasteiger partial charge >= 0.3 is 0 Å². The van der Waals surface area contributed by atoms with E-state index in [1.807, 2.05) is 42.1 Å². The molecule has 0 aliphatic carbocycles. The Hall–Kier alpha value is -0.900. The molecule has 0 aliphatic heterocycles. The van der Waals surface area contributed by atoms with Crippen molar-refractivity contribution in [3.8, 4) is 0 Å². The highest BCUT2D eigenvalue weighted by molar-refractivity contribution is 7.99. The molecule has 4 heteroatoms. The smallest absolute Gasteiger partial charge is 0.0950 e. The van der Waals surface area contributed by atoms with Gasteiger partial charge in [0.25, 0.3) is 0 Å². The van der Waals surface area contributed by atoms with Gasteiger partial charge < -0.3 is 9.73 Å². The fourth-order valence-corrected chi connectivity index (χ4v) is 2.83. The fraction of sp³-hybridized carbons (Fsp3) is 0.286. The van der Waals surface area contributed by atoms with Crippen LogP contribution in [0.25, 0.3) is 0 Å². The summed E-state index contributed by atoms with van der Waals surface area (Å²) in [6, 6.07) is 10.3. The molecular formula is C14H16ClNOS. The van der Waals surface area contributed by atoms with Crippen molar-refractivity contribution < 1.29 is 4.42 Å². The van der Waals surface area contributed by atoms with Crippen LogP contribution in [0.2, 0.25) is 5.02 Å². The van der Waals surface area contributed by atoms with Crippen molar-refractivity contribution in [1.82, 2.24) is 5.32 Å². The maximum Gasteiger partial charge on any atom is 0.0950 e. The lowest BCUT2D eigenvalue weighted by atomic mass is 10.2. The maximum atomic E-state index is 5.87. The molecule has 2 nitrogen and oxygen atoms in total. The summed E-state index contributed by atoms with van der Waals surface area (Å²) in [6.45, 7) is 3.05. The summed E-state index contributed by atoms with van der Waals surface area (Å²) in [6.07, 6.45) is 3.52. The van der Waals surface area contributed by atoms with E-state index in [2.05, 4.69) is 12.2 Å². The van der Waals surface area contributed by atoms with Crippen LogP contribution >= 0.6 is 23.4 Å². The van der Waals surface area contributed by atoms with Gasteiger partial charge in [-0.1, -0.05) is 18.5 Å². The summed E-state index contributed by atoms with van der Waals surface area (Å²) < 4.78 is 5.14. The van der Waals surface area contributed by atoms with Crippen molar-refractivity contribution in [3.05, 3.63) is 53.4 Å². The molecule has 0 radical (unpaired) electrons. The van der Waals surface area contributed by atoms with Crippen molar-refractivity contribution in [2.45, 2.75) is 17.9 Å². The van der Waals surface area contributed by atoms with Crippen LogP contribution in [0.3, 0.4) is 0 Å². The maximum absolute atomic E-state index is 5.87. The molecule has 0 fully saturated rings. The SMILES string of the molecule is CCNC(CSc1ccc(Cl)cc1)c1ccoc1. The van der Waals surface area contributed by atoms with E-state index in [4.69, 9.17) is 16.0 Å². The second kappa shape index (κ2) is 6.88. The second-order valence-electron chi connectivity index (χ2n) is 3.93. The molecule has 1 aromatic heterocycles. The zero-order chi connectivity index (χ0) is 12.8. The van der Waals surface area contributed by atoms with Gasteiger partial charge in [0.2, 0.25) is 0 Å². The number of hydrogen-bond acceptors (Lipinski definition) is 3. The number of hydrogen-bond donors (Lipinski definition) is 1. The lowest BCUT2D eigenvalue weighted by Crippen LogP contribution is -2.22. The molecule has 0 aliphatic rings. The van der Waals surface area contributed by atoms with Crippen molar-refractivity contribution >= 4 is 23.4 Å². The van der Waals surface area contributed by atoms with Gasteiger partial charge in [-0.15, -0.1) is 11.8 Å². The molecule has 2 aromatic rings. The first-order valence-corrected chi connectivity index (χ1v) is 7.30. The number of benzene rings is 1. The Morgan fingerprint density at radius 2 is 2.06 bits per heavy atom. The third-order valence-corrected chi connectivity index (χ3v) is 3.98. The average molecular weight is 282 g/mol. The van der Waals surface area contributed by atoms with E-state index in [1.165, 1.54) is 10.5 Å². The van der Waals surface area contributed by atoms with Gasteiger partial charge in [-0.25, -0.2) is 0 Å². The average Bonchev–Trinajstić information content (AvgIpc) is 2.90. The minimum Gasteiger partial charge on any atom is -0.472 e. The summed E-state index contributed by atoms with van der Waals surface area (Å²) in [5, 5.41) is 4.24. The van der Waals surface area contributed by atoms with Gasteiger partial charge in [0.1, 0.15) is 0 Å². The van der Waals surface area contributed by atoms with Gasteiger partial charge in [0.05, 0.1) is 12.5 Å². The summed E-state index contributed by atoms with van der Waals surface area (Å²) in [5.74, 6) is 0.967. The number of halogens is 1. The van der Waals surface area contributed by atoms with Crippen LogP contribution in [0.4, 0.5) is 0 Å². The van der Waals surface area contributed by atoms with E-state index < -0.39 is 0 Å². The number of rotatable bonds is 6. The largest absolute Gasteiger partial charge is 0.472 e. The van der Waals surface area contributed by atoms with Gasteiger partial charge in [-0.2, -0.15) is 0 Å². The van der Waals surface area contributed by atoms with Crippen LogP contribution in [0.1, 0.15) is 18.5 Å². The summed E-state index contributed by atoms with van der Waals surface area (Å²) in [5.41, 5.74) is 1.19. The van der Waals surface area contributed by atoms with E-state index in [1.54, 1.807) is 12.5 Å². The van der Waals surface area contributed by atoms with Gasteiger partial charge in [-0.05, 0) is 36.9 Å². The van der Waals surface area contributed by atoms with Gasteiger partial charge in [-0.3, -0.25) is 0 Å². The molecule has 1 aromatic carbocycles. The Labute approximate surface area is 117 Å². The van der Waals surface area contributed by atoms with Crippen LogP contribution < -0.4 is 5.32 Å². The Kier molecular flexibility index (Phi) is 5.17. The van der Waals surface area contributed by atoms with Crippen molar-refractivity contribution in [2.24, 2.45) is 0 Å². The topological polar surface area (TPSA) is 25.2 Å². The molecule has 0 saturated heterocycles. The van der Waals surface area contributed by atoms with Crippen LogP contribution in [0.5, 0.6) is 0 Å². The summed E-state index contributed by atoms with van der Waals surface area (Å²) in [7, 11) is 0. The van der Waals surface area contributed by atoms with E-state index in [9.17, 15) is 0 Å². The van der Waals surface area contributed by atoms with Gasteiger partial charge in [0.15, 0.2) is 0 Å². The minimum atomic E-state index is 0.314. The van der Waals surface area contributed by atoms with Crippen LogP contribution in [-0.2, 0) is 0 Å². The zero-order valence-corrected chi connectivity index (χ0v) is 11.8. The minimum absolute atomic E-state index is 0.314. The monoisotopic (exact) mass is 281 g/mol. The first-order valence-electron chi connectivity index (χ1n) is 5.93. The highest BCUT2D eigenvalue weighted by Crippen LogP contribution is 2.26. The first kappa shape index (κ1) is 13.5. The summed E-state index contributed by atoms with van der Waals surface area (Å²) >= 11 is 7.68. The highest BCUT2D eigenvalue weighted by Gasteiger charge is 2.11. The lowest BCUT2D eigenvalue weighted by Gasteiger charge is -2.15. The lowest BCUT2D eigenvalue weighted by molar-refractivity contribution is 0.548. The Bertz CT molecular complexity index is 455. The van der Waals surface area contributed by atoms with Crippen LogP contribution in [0.15, 0.2) is 52.2 Å². The molecule has 1 atom stereocenters. The van der Waals surface area contributed by atoms with E-state index in [0.29, 0.717) is 6.04 Å². The molecule has 0 amide bonds. The first-order chi connectivity index (χ1) is 8.79. The molecule has 96 valence electrons. The third-order valence-electron chi connectivity index (χ3n) is 2.63. The standard InChI is InChI=1S/C14H16ClNOS/c1-2-16-14(11-7-8-17-9-11)10-18-13-5-3-12(15)4-6-13/h3-9,14,16H,2,10H2,1H3. The van der Waals surface area contributed by atoms with Crippen LogP contribution in [-0.4, -0.2) is 12.3 Å². The molecule has 0 bridgehead atoms. The highest BCUT2D eigenvalue weighted by atomic mass is 35.5. The fourth-order valence-electron chi connectivity index (χ4n) is 1.70. The molecule has 18 heavy (non-hydrogen) atoms. The van der Waals surface area contributed by atoms with Crippen LogP contribution in [0, 0.1) is 0 Å². The van der Waals surface area contributed by atoms with E-state index in [-0.39, 0.29) is 0 Å². The molecule has 2 rings (SSSR count). The number of nitrogens with one attached hydrogen (secondary N) is 1.